The van der Waals surface area contributed by atoms with Crippen molar-refractivity contribution in [2.75, 3.05) is 0 Å². The molecule has 0 fully saturated rings. The summed E-state index contributed by atoms with van der Waals surface area (Å²) in [6.45, 7) is 0. The number of carbonyl (C=O) groups excluding carboxylic acids is 2. The molecule has 0 aliphatic heterocycles. The molecule has 0 bridgehead atoms. The van der Waals surface area contributed by atoms with Crippen LogP contribution in [0, 0.1) is 0 Å². The van der Waals surface area contributed by atoms with Gasteiger partial charge in [0.1, 0.15) is 0 Å². The van der Waals surface area contributed by atoms with Crippen molar-refractivity contribution in [3.05, 3.63) is 33.7 Å². The van der Waals surface area contributed by atoms with E-state index in [2.05, 4.69) is 0 Å². The van der Waals surface area contributed by atoms with Crippen molar-refractivity contribution in [1.29, 1.82) is 0 Å². The molecular weight excluding hydrogens is 290 g/mol. The molecular formula is C7H3CdNO5. The largest absolute Gasteiger partial charge is 2.00 e. The number of pyridine rings is 1. The van der Waals surface area contributed by atoms with Gasteiger partial charge in [-0.15, -0.1) is 0 Å². The molecule has 14 heavy (non-hydrogen) atoms. The molecule has 1 heterocycles. The van der Waals surface area contributed by atoms with Crippen LogP contribution < -0.4 is 15.8 Å². The zero-order valence-electron chi connectivity index (χ0n) is 6.90. The second-order valence-electron chi connectivity index (χ2n) is 2.19. The van der Waals surface area contributed by atoms with Gasteiger partial charge in [-0.1, -0.05) is 0 Å². The van der Waals surface area contributed by atoms with E-state index in [-0.39, 0.29) is 27.3 Å². The molecule has 0 unspecified atom stereocenters. The number of hydrogen-bond donors (Lipinski definition) is 1. The zero-order valence-corrected chi connectivity index (χ0v) is 10.9. The molecule has 7 heteroatoms. The Morgan fingerprint density at radius 2 is 1.71 bits per heavy atom. The SMILES string of the molecule is O=C([O-])c1ccc(=O)[nH]c1C(=O)[O-].[Cd+2]. The molecule has 0 amide bonds. The van der Waals surface area contributed by atoms with Gasteiger partial charge in [-0.2, -0.15) is 0 Å². The van der Waals surface area contributed by atoms with Gasteiger partial charge in [-0.3, -0.25) is 4.79 Å². The molecule has 0 aliphatic rings. The molecule has 1 N–H and O–H groups in total. The standard InChI is InChI=1S/C7H5NO5.Cd/c9-4-2-1-3(6(10)11)5(8-4)7(12)13;/h1-2H,(H,8,9)(H,10,11)(H,12,13);/q;+2/p-2. The summed E-state index contributed by atoms with van der Waals surface area (Å²) in [6, 6.07) is 1.73. The van der Waals surface area contributed by atoms with Crippen molar-refractivity contribution in [3.8, 4) is 0 Å². The fourth-order valence-corrected chi connectivity index (χ4v) is 0.806. The number of carbonyl (C=O) groups is 2. The van der Waals surface area contributed by atoms with Crippen molar-refractivity contribution in [1.82, 2.24) is 4.98 Å². The second kappa shape index (κ2) is 4.89. The Morgan fingerprint density at radius 3 is 2.14 bits per heavy atom. The molecule has 0 spiro atoms. The molecule has 1 rings (SSSR count). The quantitative estimate of drug-likeness (QED) is 0.588. The van der Waals surface area contributed by atoms with E-state index < -0.39 is 28.8 Å². The molecule has 0 saturated carbocycles. The second-order valence-corrected chi connectivity index (χ2v) is 2.19. The molecule has 1 aromatic rings. The van der Waals surface area contributed by atoms with Crippen LogP contribution in [0.3, 0.4) is 0 Å². The first kappa shape index (κ1) is 12.8. The van der Waals surface area contributed by atoms with E-state index >= 15 is 0 Å². The van der Waals surface area contributed by atoms with Crippen LogP contribution in [0.1, 0.15) is 20.8 Å². The Morgan fingerprint density at radius 1 is 1.14 bits per heavy atom. The van der Waals surface area contributed by atoms with Crippen LogP contribution in [0.15, 0.2) is 16.9 Å². The van der Waals surface area contributed by atoms with Crippen molar-refractivity contribution < 1.29 is 47.1 Å². The summed E-state index contributed by atoms with van der Waals surface area (Å²) in [4.78, 5) is 33.0. The minimum absolute atomic E-state index is 0. The molecule has 6 nitrogen and oxygen atoms in total. The monoisotopic (exact) mass is 295 g/mol. The van der Waals surface area contributed by atoms with E-state index in [1.165, 1.54) is 0 Å². The Balaban J connectivity index is 0.00000169. The van der Waals surface area contributed by atoms with Gasteiger partial charge < -0.3 is 24.8 Å². The van der Waals surface area contributed by atoms with Crippen molar-refractivity contribution in [2.45, 2.75) is 0 Å². The first-order chi connectivity index (χ1) is 6.02. The summed E-state index contributed by atoms with van der Waals surface area (Å²) in [7, 11) is 0. The Bertz CT molecular complexity index is 424. The van der Waals surface area contributed by atoms with Gasteiger partial charge in [-0.25, -0.2) is 0 Å². The Labute approximate surface area is 97.7 Å². The van der Waals surface area contributed by atoms with E-state index in [1.807, 2.05) is 4.98 Å². The minimum atomic E-state index is -1.77. The fourth-order valence-electron chi connectivity index (χ4n) is 0.806. The summed E-state index contributed by atoms with van der Waals surface area (Å²) in [5, 5.41) is 20.6. The van der Waals surface area contributed by atoms with Crippen LogP contribution in [-0.4, -0.2) is 16.9 Å². The first-order valence-electron chi connectivity index (χ1n) is 3.18. The maximum atomic E-state index is 10.6. The van der Waals surface area contributed by atoms with Crippen molar-refractivity contribution >= 4 is 11.9 Å². The van der Waals surface area contributed by atoms with Gasteiger partial charge in [0.25, 0.3) is 0 Å². The number of carboxylic acid groups (broad SMARTS) is 2. The van der Waals surface area contributed by atoms with Crippen LogP contribution >= 0.6 is 0 Å². The number of nitrogens with one attached hydrogen (secondary N) is 1. The number of aromatic nitrogens is 1. The zero-order chi connectivity index (χ0) is 10.0. The normalized spacial score (nSPS) is 8.86. The van der Waals surface area contributed by atoms with Crippen LogP contribution in [0.25, 0.3) is 0 Å². The van der Waals surface area contributed by atoms with Gasteiger partial charge in [0, 0.05) is 11.6 Å². The molecule has 0 aromatic carbocycles. The van der Waals surface area contributed by atoms with Crippen LogP contribution in [0.4, 0.5) is 0 Å². The number of aromatic amines is 1. The third kappa shape index (κ3) is 2.65. The molecule has 1 aromatic heterocycles. The van der Waals surface area contributed by atoms with Crippen LogP contribution in [-0.2, 0) is 27.3 Å². The minimum Gasteiger partial charge on any atom is -0.545 e. The Kier molecular flexibility index (Phi) is 4.47. The number of H-pyrrole nitrogens is 1. The van der Waals surface area contributed by atoms with Gasteiger partial charge in [0.2, 0.25) is 5.56 Å². The van der Waals surface area contributed by atoms with Gasteiger partial charge in [0.15, 0.2) is 0 Å². The summed E-state index contributed by atoms with van der Waals surface area (Å²) in [6.07, 6.45) is 0. The predicted octanol–water partition coefficient (Wildman–Crippen LogP) is -2.90. The van der Waals surface area contributed by atoms with E-state index in [9.17, 15) is 24.6 Å². The summed E-state index contributed by atoms with van der Waals surface area (Å²) < 4.78 is 0. The van der Waals surface area contributed by atoms with Gasteiger partial charge in [-0.05, 0) is 6.07 Å². The van der Waals surface area contributed by atoms with Crippen molar-refractivity contribution in [3.63, 3.8) is 0 Å². The van der Waals surface area contributed by atoms with E-state index in [4.69, 9.17) is 0 Å². The summed E-state index contributed by atoms with van der Waals surface area (Å²) >= 11 is 0. The smallest absolute Gasteiger partial charge is 0.545 e. The van der Waals surface area contributed by atoms with Crippen molar-refractivity contribution in [2.24, 2.45) is 0 Å². The van der Waals surface area contributed by atoms with Crippen LogP contribution in [0.5, 0.6) is 0 Å². The predicted molar refractivity (Wildman–Crippen MR) is 35.7 cm³/mol. The summed E-state index contributed by atoms with van der Waals surface area (Å²) in [5.74, 6) is -3.45. The first-order valence-corrected chi connectivity index (χ1v) is 3.18. The fraction of sp³-hybridized carbons (Fsp3) is 0. The van der Waals surface area contributed by atoms with Gasteiger partial charge >= 0.3 is 27.3 Å². The third-order valence-corrected chi connectivity index (χ3v) is 1.34. The number of aromatic carboxylic acids is 2. The maximum absolute atomic E-state index is 10.6. The topological polar surface area (TPSA) is 113 Å². The van der Waals surface area contributed by atoms with E-state index in [1.54, 1.807) is 0 Å². The number of carboxylic acids is 2. The Hall–Kier alpha value is -1.19. The van der Waals surface area contributed by atoms with E-state index in [0.29, 0.717) is 0 Å². The average molecular weight is 294 g/mol. The number of hydrogen-bond acceptors (Lipinski definition) is 5. The maximum Gasteiger partial charge on any atom is 2.00 e. The summed E-state index contributed by atoms with van der Waals surface area (Å²) in [5.41, 5.74) is -2.11. The number of rotatable bonds is 2. The molecule has 68 valence electrons. The molecule has 0 atom stereocenters. The molecule has 0 radical (unpaired) electrons. The van der Waals surface area contributed by atoms with Gasteiger partial charge in [0.05, 0.1) is 17.6 Å². The average Bonchev–Trinajstić information content (AvgIpc) is 2.03. The molecule has 0 aliphatic carbocycles. The van der Waals surface area contributed by atoms with Crippen LogP contribution in [0.2, 0.25) is 0 Å². The third-order valence-electron chi connectivity index (χ3n) is 1.34. The molecule has 0 saturated heterocycles. The van der Waals surface area contributed by atoms with E-state index in [0.717, 1.165) is 12.1 Å².